The summed E-state index contributed by atoms with van der Waals surface area (Å²) in [5.74, 6) is -0.377. The molecule has 0 unspecified atom stereocenters. The number of likely N-dealkylation sites (N-methyl/N-ethyl adjacent to an activating group) is 1. The van der Waals surface area contributed by atoms with Gasteiger partial charge in [-0.1, -0.05) is 13.3 Å². The Morgan fingerprint density at radius 3 is 2.75 bits per heavy atom. The van der Waals surface area contributed by atoms with Crippen LogP contribution in [0.3, 0.4) is 0 Å². The third-order valence-corrected chi connectivity index (χ3v) is 3.89. The molecule has 130 valence electrons. The minimum absolute atomic E-state index is 0.0132. The molecule has 0 fully saturated rings. The van der Waals surface area contributed by atoms with Gasteiger partial charge in [0.15, 0.2) is 5.69 Å². The van der Waals surface area contributed by atoms with Crippen LogP contribution in [0.2, 0.25) is 0 Å². The molecule has 0 saturated heterocycles. The Balaban J connectivity index is 2.41. The summed E-state index contributed by atoms with van der Waals surface area (Å²) in [5.41, 5.74) is 4.72. The van der Waals surface area contributed by atoms with Crippen LogP contribution in [-0.4, -0.2) is 32.3 Å². The number of anilines is 2. The fourth-order valence-electron chi connectivity index (χ4n) is 2.45. The van der Waals surface area contributed by atoms with Crippen LogP contribution in [0.5, 0.6) is 0 Å². The van der Waals surface area contributed by atoms with Crippen LogP contribution in [0, 0.1) is 0 Å². The van der Waals surface area contributed by atoms with Gasteiger partial charge in [-0.15, -0.1) is 0 Å². The summed E-state index contributed by atoms with van der Waals surface area (Å²) in [4.78, 5) is 40.1. The molecule has 0 radical (unpaired) electrons. The van der Waals surface area contributed by atoms with Crippen molar-refractivity contribution in [3.8, 4) is 0 Å². The molecule has 0 spiro atoms. The summed E-state index contributed by atoms with van der Waals surface area (Å²) >= 11 is 0. The summed E-state index contributed by atoms with van der Waals surface area (Å²) in [6.07, 6.45) is 4.82. The van der Waals surface area contributed by atoms with E-state index < -0.39 is 17.3 Å². The number of aromatic amines is 1. The van der Waals surface area contributed by atoms with E-state index in [1.165, 1.54) is 21.2 Å². The zero-order valence-corrected chi connectivity index (χ0v) is 14.0. The number of nitrogens with two attached hydrogens (primary N) is 1. The van der Waals surface area contributed by atoms with E-state index in [9.17, 15) is 14.4 Å². The lowest BCUT2D eigenvalue weighted by Crippen LogP contribution is -2.41. The van der Waals surface area contributed by atoms with Crippen LogP contribution >= 0.6 is 0 Å². The third kappa shape index (κ3) is 3.24. The molecule has 2 aromatic rings. The number of hydrogen-bond donors (Lipinski definition) is 2. The first kappa shape index (κ1) is 17.5. The smallest absolute Gasteiger partial charge is 0.330 e. The highest BCUT2D eigenvalue weighted by Gasteiger charge is 2.25. The van der Waals surface area contributed by atoms with Gasteiger partial charge in [0.05, 0.1) is 0 Å². The molecule has 9 nitrogen and oxygen atoms in total. The Morgan fingerprint density at radius 1 is 1.46 bits per heavy atom. The summed E-state index contributed by atoms with van der Waals surface area (Å²) in [7, 11) is 1.46. The Labute approximate surface area is 138 Å². The minimum Gasteiger partial charge on any atom is -0.383 e. The normalized spacial score (nSPS) is 12.1. The maximum absolute atomic E-state index is 12.6. The van der Waals surface area contributed by atoms with Crippen LogP contribution in [0.1, 0.15) is 32.7 Å². The van der Waals surface area contributed by atoms with Gasteiger partial charge < -0.3 is 10.6 Å². The van der Waals surface area contributed by atoms with Crippen LogP contribution < -0.4 is 21.9 Å². The lowest BCUT2D eigenvalue weighted by molar-refractivity contribution is -0.121. The molecule has 0 aliphatic heterocycles. The number of carbonyl (C=O) groups is 1. The summed E-state index contributed by atoms with van der Waals surface area (Å²) in [6, 6.07) is 1.09. The molecule has 3 N–H and O–H groups in total. The zero-order chi connectivity index (χ0) is 17.9. The second kappa shape index (κ2) is 7.16. The third-order valence-electron chi connectivity index (χ3n) is 3.89. The van der Waals surface area contributed by atoms with E-state index in [0.717, 1.165) is 12.8 Å². The predicted molar refractivity (Wildman–Crippen MR) is 91.0 cm³/mol. The van der Waals surface area contributed by atoms with Crippen molar-refractivity contribution in [2.75, 3.05) is 17.7 Å². The number of unbranched alkanes of at least 4 members (excludes halogenated alkanes) is 1. The number of carbonyl (C=O) groups excluding carboxylic acids is 1. The van der Waals surface area contributed by atoms with Crippen molar-refractivity contribution in [1.82, 2.24) is 19.3 Å². The van der Waals surface area contributed by atoms with Crippen molar-refractivity contribution >= 4 is 17.4 Å². The molecule has 2 aromatic heterocycles. The van der Waals surface area contributed by atoms with Gasteiger partial charge >= 0.3 is 5.69 Å². The molecule has 1 amide bonds. The first-order chi connectivity index (χ1) is 11.4. The molecule has 0 bridgehead atoms. The number of nitrogens with zero attached hydrogens (tertiary/aromatic N) is 4. The van der Waals surface area contributed by atoms with Crippen LogP contribution in [-0.2, 0) is 11.3 Å². The molecular formula is C15H22N6O3. The van der Waals surface area contributed by atoms with Crippen LogP contribution in [0.4, 0.5) is 11.5 Å². The SMILES string of the molecule is CCCCn1c(N)c(N(C)C(=O)[C@H](C)n2cccn2)c(=O)[nH]c1=O. The van der Waals surface area contributed by atoms with Crippen molar-refractivity contribution in [2.45, 2.75) is 39.3 Å². The Morgan fingerprint density at radius 2 is 2.17 bits per heavy atom. The Bertz CT molecular complexity index is 821. The van der Waals surface area contributed by atoms with Gasteiger partial charge in [0.1, 0.15) is 11.9 Å². The Kier molecular flexibility index (Phi) is 5.22. The molecular weight excluding hydrogens is 312 g/mol. The molecule has 0 saturated carbocycles. The van der Waals surface area contributed by atoms with Gasteiger partial charge in [0.2, 0.25) is 0 Å². The largest absolute Gasteiger partial charge is 0.383 e. The maximum Gasteiger partial charge on any atom is 0.330 e. The number of nitrogen functional groups attached to an aromatic ring is 1. The highest BCUT2D eigenvalue weighted by molar-refractivity contribution is 5.97. The fourth-order valence-corrected chi connectivity index (χ4v) is 2.45. The lowest BCUT2D eigenvalue weighted by atomic mass is 10.2. The van der Waals surface area contributed by atoms with Gasteiger partial charge in [-0.25, -0.2) is 4.79 Å². The second-order valence-corrected chi connectivity index (χ2v) is 5.56. The van der Waals surface area contributed by atoms with Crippen molar-refractivity contribution in [2.24, 2.45) is 0 Å². The topological polar surface area (TPSA) is 119 Å². The van der Waals surface area contributed by atoms with Gasteiger partial charge in [-0.3, -0.25) is 23.8 Å². The molecule has 24 heavy (non-hydrogen) atoms. The van der Waals surface area contributed by atoms with E-state index in [-0.39, 0.29) is 17.4 Å². The molecule has 0 aliphatic rings. The molecule has 9 heteroatoms. The molecule has 1 atom stereocenters. The number of H-pyrrole nitrogens is 1. The van der Waals surface area contributed by atoms with Crippen molar-refractivity contribution in [1.29, 1.82) is 0 Å². The number of nitrogens with one attached hydrogen (secondary N) is 1. The molecule has 2 rings (SSSR count). The quantitative estimate of drug-likeness (QED) is 0.789. The highest BCUT2D eigenvalue weighted by Crippen LogP contribution is 2.19. The van der Waals surface area contributed by atoms with Crippen molar-refractivity contribution in [3.63, 3.8) is 0 Å². The maximum atomic E-state index is 12.6. The minimum atomic E-state index is -0.686. The van der Waals surface area contributed by atoms with Gasteiger partial charge in [0, 0.05) is 26.0 Å². The number of amides is 1. The predicted octanol–water partition coefficient (Wildman–Crippen LogP) is 0.339. The molecule has 0 aromatic carbocycles. The van der Waals surface area contributed by atoms with Crippen molar-refractivity contribution < 1.29 is 4.79 Å². The van der Waals surface area contributed by atoms with E-state index in [0.29, 0.717) is 6.54 Å². The van der Waals surface area contributed by atoms with E-state index in [2.05, 4.69) is 10.1 Å². The number of hydrogen-bond acceptors (Lipinski definition) is 5. The fraction of sp³-hybridized carbons (Fsp3) is 0.467. The first-order valence-electron chi connectivity index (χ1n) is 7.77. The zero-order valence-electron chi connectivity index (χ0n) is 14.0. The number of rotatable bonds is 6. The van der Waals surface area contributed by atoms with E-state index in [1.807, 2.05) is 6.92 Å². The van der Waals surface area contributed by atoms with Gasteiger partial charge in [-0.2, -0.15) is 5.10 Å². The van der Waals surface area contributed by atoms with Crippen LogP contribution in [0.25, 0.3) is 0 Å². The van der Waals surface area contributed by atoms with Crippen LogP contribution in [0.15, 0.2) is 28.0 Å². The number of aromatic nitrogens is 4. The highest BCUT2D eigenvalue weighted by atomic mass is 16.2. The van der Waals surface area contributed by atoms with E-state index in [1.54, 1.807) is 25.4 Å². The average molecular weight is 334 g/mol. The average Bonchev–Trinajstić information content (AvgIpc) is 3.07. The second-order valence-electron chi connectivity index (χ2n) is 5.56. The van der Waals surface area contributed by atoms with E-state index in [4.69, 9.17) is 5.73 Å². The summed E-state index contributed by atoms with van der Waals surface area (Å²) < 4.78 is 2.76. The van der Waals surface area contributed by atoms with E-state index >= 15 is 0 Å². The van der Waals surface area contributed by atoms with Gasteiger partial charge in [0.25, 0.3) is 11.5 Å². The lowest BCUT2D eigenvalue weighted by Gasteiger charge is -2.23. The summed E-state index contributed by atoms with van der Waals surface area (Å²) in [5, 5.41) is 4.03. The summed E-state index contributed by atoms with van der Waals surface area (Å²) in [6.45, 7) is 4.03. The first-order valence-corrected chi connectivity index (χ1v) is 7.77. The van der Waals surface area contributed by atoms with Crippen molar-refractivity contribution in [3.05, 3.63) is 39.3 Å². The molecule has 0 aliphatic carbocycles. The monoisotopic (exact) mass is 334 g/mol. The van der Waals surface area contributed by atoms with Gasteiger partial charge in [-0.05, 0) is 19.4 Å². The Hall–Kier alpha value is -2.84. The standard InChI is InChI=1S/C15H22N6O3/c1-4-5-8-20-12(16)11(13(22)18-15(20)24)19(3)14(23)10(2)21-9-6-7-17-21/h6-7,9-10H,4-5,8,16H2,1-3H3,(H,18,22,24)/t10-/m0/s1. The molecule has 2 heterocycles.